The Morgan fingerprint density at radius 1 is 1.00 bits per heavy atom. The highest BCUT2D eigenvalue weighted by Crippen LogP contribution is 2.36. The molecule has 0 saturated carbocycles. The number of rotatable bonds is 5. The van der Waals surface area contributed by atoms with Crippen molar-refractivity contribution < 1.29 is 10.0 Å². The van der Waals surface area contributed by atoms with Gasteiger partial charge in [-0.2, -0.15) is 0 Å². The monoisotopic (exact) mass is 309 g/mol. The number of nitrogens with zero attached hydrogens (tertiary/aromatic N) is 1. The number of hydrogen-bond acceptors (Lipinski definition) is 2. The maximum absolute atomic E-state index is 12.4. The molecular formula is C20H23NO2. The second kappa shape index (κ2) is 7.42. The van der Waals surface area contributed by atoms with E-state index in [2.05, 4.69) is 24.3 Å². The van der Waals surface area contributed by atoms with Crippen LogP contribution >= 0.6 is 0 Å². The Balaban J connectivity index is 1.68. The van der Waals surface area contributed by atoms with E-state index in [1.54, 1.807) is 0 Å². The molecule has 2 unspecified atom stereocenters. The summed E-state index contributed by atoms with van der Waals surface area (Å²) in [6.45, 7) is 0.424. The molecule has 1 aliphatic rings. The SMILES string of the molecule is O=C1C(CCCc2ccccc2)C(c2ccccc2)CCN1O. The van der Waals surface area contributed by atoms with Crippen molar-refractivity contribution in [1.29, 1.82) is 0 Å². The molecule has 3 rings (SSSR count). The van der Waals surface area contributed by atoms with E-state index in [-0.39, 0.29) is 17.7 Å². The number of benzene rings is 2. The number of aryl methyl sites for hydroxylation is 1. The molecule has 2 aromatic carbocycles. The van der Waals surface area contributed by atoms with Crippen molar-refractivity contribution in [1.82, 2.24) is 5.06 Å². The van der Waals surface area contributed by atoms with Gasteiger partial charge >= 0.3 is 0 Å². The first-order valence-corrected chi connectivity index (χ1v) is 8.35. The van der Waals surface area contributed by atoms with E-state index in [0.717, 1.165) is 30.7 Å². The number of carbonyl (C=O) groups is 1. The minimum atomic E-state index is -0.127. The number of hydrogen-bond donors (Lipinski definition) is 1. The third kappa shape index (κ3) is 3.80. The van der Waals surface area contributed by atoms with Gasteiger partial charge in [0.1, 0.15) is 0 Å². The molecule has 1 saturated heterocycles. The third-order valence-electron chi connectivity index (χ3n) is 4.76. The van der Waals surface area contributed by atoms with Gasteiger partial charge in [-0.05, 0) is 42.7 Å². The van der Waals surface area contributed by atoms with Crippen LogP contribution in [0.4, 0.5) is 0 Å². The molecule has 0 spiro atoms. The van der Waals surface area contributed by atoms with Gasteiger partial charge in [-0.1, -0.05) is 60.7 Å². The van der Waals surface area contributed by atoms with Crippen LogP contribution < -0.4 is 0 Å². The van der Waals surface area contributed by atoms with Crippen LogP contribution in [0.15, 0.2) is 60.7 Å². The summed E-state index contributed by atoms with van der Waals surface area (Å²) >= 11 is 0. The van der Waals surface area contributed by atoms with Crippen LogP contribution in [0, 0.1) is 5.92 Å². The van der Waals surface area contributed by atoms with Crippen LogP contribution in [0.1, 0.15) is 36.3 Å². The topological polar surface area (TPSA) is 40.5 Å². The van der Waals surface area contributed by atoms with Gasteiger partial charge in [-0.15, -0.1) is 0 Å². The van der Waals surface area contributed by atoms with Crippen molar-refractivity contribution >= 4 is 5.91 Å². The molecule has 1 N–H and O–H groups in total. The molecule has 0 aromatic heterocycles. The second-order valence-electron chi connectivity index (χ2n) is 6.25. The quantitative estimate of drug-likeness (QED) is 0.847. The Kier molecular flexibility index (Phi) is 5.09. The zero-order valence-corrected chi connectivity index (χ0v) is 13.3. The first-order valence-electron chi connectivity index (χ1n) is 8.35. The van der Waals surface area contributed by atoms with Crippen molar-refractivity contribution in [2.75, 3.05) is 6.54 Å². The van der Waals surface area contributed by atoms with Crippen molar-refractivity contribution in [3.8, 4) is 0 Å². The molecule has 2 atom stereocenters. The van der Waals surface area contributed by atoms with E-state index < -0.39 is 0 Å². The van der Waals surface area contributed by atoms with Gasteiger partial charge in [0.2, 0.25) is 5.91 Å². The number of carbonyl (C=O) groups excluding carboxylic acids is 1. The van der Waals surface area contributed by atoms with Crippen LogP contribution in [0.5, 0.6) is 0 Å². The van der Waals surface area contributed by atoms with Crippen LogP contribution in [-0.2, 0) is 11.2 Å². The summed E-state index contributed by atoms with van der Waals surface area (Å²) in [6, 6.07) is 20.6. The predicted octanol–water partition coefficient (Wildman–Crippen LogP) is 4.03. The fraction of sp³-hybridized carbons (Fsp3) is 0.350. The standard InChI is InChI=1S/C20H23NO2/c22-20-19(13-7-10-16-8-3-1-4-9-16)18(14-15-21(20)23)17-11-5-2-6-12-17/h1-6,8-9,11-12,18-19,23H,7,10,13-15H2. The number of hydroxylamine groups is 2. The maximum atomic E-state index is 12.4. The van der Waals surface area contributed by atoms with E-state index in [4.69, 9.17) is 0 Å². The van der Waals surface area contributed by atoms with Crippen molar-refractivity contribution in [3.63, 3.8) is 0 Å². The smallest absolute Gasteiger partial charge is 0.249 e. The maximum Gasteiger partial charge on any atom is 0.249 e. The molecule has 0 radical (unpaired) electrons. The fourth-order valence-corrected chi connectivity index (χ4v) is 3.53. The van der Waals surface area contributed by atoms with Gasteiger partial charge in [0.25, 0.3) is 0 Å². The summed E-state index contributed by atoms with van der Waals surface area (Å²) in [5.41, 5.74) is 2.51. The molecule has 1 amide bonds. The minimum absolute atomic E-state index is 0.125. The largest absolute Gasteiger partial charge is 0.286 e. The first-order chi connectivity index (χ1) is 11.3. The van der Waals surface area contributed by atoms with Crippen molar-refractivity contribution in [2.45, 2.75) is 31.6 Å². The molecule has 120 valence electrons. The molecule has 0 bridgehead atoms. The fourth-order valence-electron chi connectivity index (χ4n) is 3.53. The Morgan fingerprint density at radius 3 is 2.35 bits per heavy atom. The van der Waals surface area contributed by atoms with E-state index in [0.29, 0.717) is 6.54 Å². The Hall–Kier alpha value is -2.13. The number of amides is 1. The van der Waals surface area contributed by atoms with E-state index in [1.165, 1.54) is 11.1 Å². The lowest BCUT2D eigenvalue weighted by molar-refractivity contribution is -0.177. The highest BCUT2D eigenvalue weighted by molar-refractivity contribution is 5.79. The molecule has 3 heteroatoms. The molecule has 1 heterocycles. The van der Waals surface area contributed by atoms with Gasteiger partial charge in [0.05, 0.1) is 0 Å². The average Bonchev–Trinajstić information content (AvgIpc) is 2.60. The normalized spacial score (nSPS) is 21.4. The lowest BCUT2D eigenvalue weighted by Crippen LogP contribution is -2.42. The summed E-state index contributed by atoms with van der Waals surface area (Å²) in [6.07, 6.45) is 3.56. The zero-order valence-electron chi connectivity index (χ0n) is 13.3. The Morgan fingerprint density at radius 2 is 1.65 bits per heavy atom. The van der Waals surface area contributed by atoms with Crippen molar-refractivity contribution in [2.24, 2.45) is 5.92 Å². The van der Waals surface area contributed by atoms with Crippen LogP contribution in [0.25, 0.3) is 0 Å². The molecule has 1 aliphatic heterocycles. The zero-order chi connectivity index (χ0) is 16.1. The lowest BCUT2D eigenvalue weighted by Gasteiger charge is -2.35. The summed E-state index contributed by atoms with van der Waals surface area (Å²) < 4.78 is 0. The summed E-state index contributed by atoms with van der Waals surface area (Å²) in [5, 5.41) is 10.7. The third-order valence-corrected chi connectivity index (χ3v) is 4.76. The van der Waals surface area contributed by atoms with Gasteiger partial charge < -0.3 is 0 Å². The number of piperidine rings is 1. The Labute approximate surface area is 137 Å². The highest BCUT2D eigenvalue weighted by Gasteiger charge is 2.36. The lowest BCUT2D eigenvalue weighted by atomic mass is 9.78. The Bertz CT molecular complexity index is 627. The highest BCUT2D eigenvalue weighted by atomic mass is 16.5. The summed E-state index contributed by atoms with van der Waals surface area (Å²) in [7, 11) is 0. The summed E-state index contributed by atoms with van der Waals surface area (Å²) in [5.74, 6) is -0.0408. The van der Waals surface area contributed by atoms with Gasteiger partial charge in [-0.3, -0.25) is 10.0 Å². The molecule has 1 fully saturated rings. The van der Waals surface area contributed by atoms with Gasteiger partial charge in [-0.25, -0.2) is 5.06 Å². The van der Waals surface area contributed by atoms with Gasteiger partial charge in [0, 0.05) is 12.5 Å². The summed E-state index contributed by atoms with van der Waals surface area (Å²) in [4.78, 5) is 12.4. The van der Waals surface area contributed by atoms with Crippen LogP contribution in [0.2, 0.25) is 0 Å². The molecule has 0 aliphatic carbocycles. The van der Waals surface area contributed by atoms with E-state index >= 15 is 0 Å². The van der Waals surface area contributed by atoms with Crippen LogP contribution in [0.3, 0.4) is 0 Å². The van der Waals surface area contributed by atoms with E-state index in [9.17, 15) is 10.0 Å². The molecule has 23 heavy (non-hydrogen) atoms. The minimum Gasteiger partial charge on any atom is -0.286 e. The van der Waals surface area contributed by atoms with Gasteiger partial charge in [0.15, 0.2) is 0 Å². The average molecular weight is 309 g/mol. The predicted molar refractivity (Wildman–Crippen MR) is 90.2 cm³/mol. The second-order valence-corrected chi connectivity index (χ2v) is 6.25. The van der Waals surface area contributed by atoms with E-state index in [1.807, 2.05) is 36.4 Å². The van der Waals surface area contributed by atoms with Crippen molar-refractivity contribution in [3.05, 3.63) is 71.8 Å². The first kappa shape index (κ1) is 15.8. The molecular weight excluding hydrogens is 286 g/mol. The van der Waals surface area contributed by atoms with Crippen LogP contribution in [-0.4, -0.2) is 22.7 Å². The molecule has 2 aromatic rings. The molecule has 3 nitrogen and oxygen atoms in total.